The Hall–Kier alpha value is -3.97. The van der Waals surface area contributed by atoms with Crippen LogP contribution in [-0.2, 0) is 16.1 Å². The Bertz CT molecular complexity index is 1270. The summed E-state index contributed by atoms with van der Waals surface area (Å²) in [6.07, 6.45) is 1.74. The van der Waals surface area contributed by atoms with Crippen molar-refractivity contribution in [3.8, 4) is 5.75 Å². The highest BCUT2D eigenvalue weighted by Crippen LogP contribution is 2.30. The van der Waals surface area contributed by atoms with E-state index in [4.69, 9.17) is 9.47 Å². The lowest BCUT2D eigenvalue weighted by Gasteiger charge is -2.08. The van der Waals surface area contributed by atoms with Crippen LogP contribution >= 0.6 is 11.3 Å². The lowest BCUT2D eigenvalue weighted by Crippen LogP contribution is -2.02. The summed E-state index contributed by atoms with van der Waals surface area (Å²) in [4.78, 5) is 27.5. The van der Waals surface area contributed by atoms with E-state index in [-0.39, 0.29) is 12.4 Å². The molecule has 1 N–H and O–H groups in total. The van der Waals surface area contributed by atoms with Gasteiger partial charge in [0.1, 0.15) is 17.4 Å². The highest BCUT2D eigenvalue weighted by Gasteiger charge is 2.13. The lowest BCUT2D eigenvalue weighted by atomic mass is 10.1. The van der Waals surface area contributed by atoms with Crippen molar-refractivity contribution >= 4 is 45.1 Å². The van der Waals surface area contributed by atoms with Crippen molar-refractivity contribution in [3.63, 3.8) is 0 Å². The zero-order chi connectivity index (χ0) is 23.2. The topological polar surface area (TPSA) is 85.7 Å². The smallest absolute Gasteiger partial charge is 0.337 e. The van der Waals surface area contributed by atoms with Gasteiger partial charge < -0.3 is 14.6 Å². The number of carbonyl (C=O) groups is 2. The van der Waals surface area contributed by atoms with Gasteiger partial charge in [0.2, 0.25) is 0 Å². The van der Waals surface area contributed by atoms with E-state index in [0.29, 0.717) is 28.5 Å². The number of methoxy groups -OCH3 is 1. The number of aromatic nitrogens is 1. The molecule has 0 radical (unpaired) electrons. The average molecular weight is 460 g/mol. The van der Waals surface area contributed by atoms with Crippen molar-refractivity contribution < 1.29 is 24.2 Å². The minimum absolute atomic E-state index is 0.111. The first-order valence-electron chi connectivity index (χ1n) is 10.2. The van der Waals surface area contributed by atoms with Crippen molar-refractivity contribution in [2.75, 3.05) is 7.11 Å². The predicted octanol–water partition coefficient (Wildman–Crippen LogP) is 5.68. The highest BCUT2D eigenvalue weighted by molar-refractivity contribution is 7.19. The molecule has 7 heteroatoms. The molecule has 166 valence electrons. The average Bonchev–Trinajstić information content (AvgIpc) is 3.27. The van der Waals surface area contributed by atoms with Gasteiger partial charge in [0, 0.05) is 0 Å². The molecular formula is C26H21NO5S. The van der Waals surface area contributed by atoms with Gasteiger partial charge in [-0.2, -0.15) is 0 Å². The second-order valence-corrected chi connectivity index (χ2v) is 8.30. The molecular weight excluding hydrogens is 438 g/mol. The van der Waals surface area contributed by atoms with Crippen LogP contribution in [0.4, 0.5) is 0 Å². The fraction of sp³-hybridized carbons (Fsp3) is 0.115. The van der Waals surface area contributed by atoms with Crippen molar-refractivity contribution in [1.29, 1.82) is 0 Å². The molecule has 1 heterocycles. The van der Waals surface area contributed by atoms with Crippen molar-refractivity contribution in [3.05, 3.63) is 94.5 Å². The number of fused-ring (bicyclic) bond motifs is 1. The number of aliphatic carboxylic acids is 1. The monoisotopic (exact) mass is 459 g/mol. The van der Waals surface area contributed by atoms with Gasteiger partial charge in [-0.25, -0.2) is 9.78 Å². The Balaban J connectivity index is 1.47. The van der Waals surface area contributed by atoms with Gasteiger partial charge in [0.25, 0.3) is 0 Å². The summed E-state index contributed by atoms with van der Waals surface area (Å²) in [6.45, 7) is 0.354. The van der Waals surface area contributed by atoms with E-state index in [9.17, 15) is 14.7 Å². The molecule has 0 aliphatic rings. The highest BCUT2D eigenvalue weighted by atomic mass is 32.1. The summed E-state index contributed by atoms with van der Waals surface area (Å²) in [5.74, 6) is -0.595. The zero-order valence-electron chi connectivity index (χ0n) is 17.9. The summed E-state index contributed by atoms with van der Waals surface area (Å²) in [5, 5.41) is 10.1. The number of rotatable bonds is 8. The Labute approximate surface area is 194 Å². The number of para-hydroxylation sites is 1. The third-order valence-electron chi connectivity index (χ3n) is 4.91. The van der Waals surface area contributed by atoms with E-state index in [0.717, 1.165) is 21.3 Å². The fourth-order valence-electron chi connectivity index (χ4n) is 3.24. The van der Waals surface area contributed by atoms with Crippen LogP contribution < -0.4 is 4.74 Å². The molecule has 4 rings (SSSR count). The molecule has 1 aromatic heterocycles. The van der Waals surface area contributed by atoms with Crippen LogP contribution in [0.25, 0.3) is 21.9 Å². The summed E-state index contributed by atoms with van der Waals surface area (Å²) in [5.41, 5.74) is 3.79. The normalized spacial score (nSPS) is 11.4. The van der Waals surface area contributed by atoms with Gasteiger partial charge in [-0.3, -0.25) is 4.79 Å². The van der Waals surface area contributed by atoms with E-state index in [1.165, 1.54) is 18.4 Å². The number of thiazole rings is 1. The Kier molecular flexibility index (Phi) is 6.80. The lowest BCUT2D eigenvalue weighted by molar-refractivity contribution is -0.135. The maximum absolute atomic E-state index is 11.5. The Morgan fingerprint density at radius 1 is 1.00 bits per heavy atom. The Morgan fingerprint density at radius 2 is 1.73 bits per heavy atom. The predicted molar refractivity (Wildman–Crippen MR) is 128 cm³/mol. The van der Waals surface area contributed by atoms with Crippen LogP contribution in [0.15, 0.2) is 72.8 Å². The number of hydrogen-bond donors (Lipinski definition) is 1. The second kappa shape index (κ2) is 10.1. The summed E-state index contributed by atoms with van der Waals surface area (Å²) < 4.78 is 11.5. The summed E-state index contributed by atoms with van der Waals surface area (Å²) in [7, 11) is 1.35. The number of benzene rings is 3. The largest absolute Gasteiger partial charge is 0.489 e. The van der Waals surface area contributed by atoms with Gasteiger partial charge in [0.05, 0.1) is 29.3 Å². The molecule has 0 unspecified atom stereocenters. The van der Waals surface area contributed by atoms with E-state index >= 15 is 0 Å². The van der Waals surface area contributed by atoms with E-state index in [1.807, 2.05) is 66.7 Å². The number of esters is 1. The van der Waals surface area contributed by atoms with Gasteiger partial charge in [-0.05, 0) is 59.2 Å². The van der Waals surface area contributed by atoms with Crippen LogP contribution in [0.5, 0.6) is 5.75 Å². The third kappa shape index (κ3) is 5.64. The standard InChI is InChI=1S/C26H21NO5S/c1-31-26(30)19-10-6-18(7-11-19)16-32-21-12-8-17(9-13-21)14-20(15-24(28)29)25-27-22-4-2-3-5-23(22)33-25/h2-14H,15-16H2,1H3,(H,28,29)/b20-14+. The Morgan fingerprint density at radius 3 is 2.39 bits per heavy atom. The SMILES string of the molecule is COC(=O)c1ccc(COc2ccc(/C=C(\CC(=O)O)c3nc4ccccc4s3)cc2)cc1. The van der Waals surface area contributed by atoms with Gasteiger partial charge in [-0.1, -0.05) is 36.4 Å². The molecule has 33 heavy (non-hydrogen) atoms. The first kappa shape index (κ1) is 22.2. The molecule has 0 fully saturated rings. The first-order valence-corrected chi connectivity index (χ1v) is 11.0. The molecule has 0 atom stereocenters. The molecule has 0 saturated heterocycles. The zero-order valence-corrected chi connectivity index (χ0v) is 18.7. The van der Waals surface area contributed by atoms with Crippen molar-refractivity contribution in [1.82, 2.24) is 4.98 Å². The summed E-state index contributed by atoms with van der Waals surface area (Å²) in [6, 6.07) is 22.2. The third-order valence-corrected chi connectivity index (χ3v) is 6.02. The molecule has 3 aromatic carbocycles. The summed E-state index contributed by atoms with van der Waals surface area (Å²) >= 11 is 1.48. The van der Waals surface area contributed by atoms with Gasteiger partial charge in [-0.15, -0.1) is 11.3 Å². The van der Waals surface area contributed by atoms with E-state index in [2.05, 4.69) is 4.98 Å². The number of hydrogen-bond acceptors (Lipinski definition) is 6. The van der Waals surface area contributed by atoms with Crippen LogP contribution in [0.1, 0.15) is 32.9 Å². The van der Waals surface area contributed by atoms with Crippen LogP contribution in [0.3, 0.4) is 0 Å². The van der Waals surface area contributed by atoms with E-state index in [1.54, 1.807) is 12.1 Å². The molecule has 0 aliphatic carbocycles. The quantitative estimate of drug-likeness (QED) is 0.341. The molecule has 0 aliphatic heterocycles. The number of nitrogens with zero attached hydrogens (tertiary/aromatic N) is 1. The van der Waals surface area contributed by atoms with Crippen LogP contribution in [-0.4, -0.2) is 29.1 Å². The maximum Gasteiger partial charge on any atom is 0.337 e. The number of carboxylic acids is 1. The van der Waals surface area contributed by atoms with Crippen molar-refractivity contribution in [2.45, 2.75) is 13.0 Å². The number of carboxylic acid groups (broad SMARTS) is 1. The van der Waals surface area contributed by atoms with Crippen LogP contribution in [0, 0.1) is 0 Å². The second-order valence-electron chi connectivity index (χ2n) is 7.27. The molecule has 0 bridgehead atoms. The van der Waals surface area contributed by atoms with Gasteiger partial charge >= 0.3 is 11.9 Å². The fourth-order valence-corrected chi connectivity index (χ4v) is 4.22. The molecule has 0 spiro atoms. The van der Waals surface area contributed by atoms with Crippen LogP contribution in [0.2, 0.25) is 0 Å². The molecule has 4 aromatic rings. The minimum atomic E-state index is -0.904. The number of carbonyl (C=O) groups excluding carboxylic acids is 1. The van der Waals surface area contributed by atoms with Crippen molar-refractivity contribution in [2.24, 2.45) is 0 Å². The van der Waals surface area contributed by atoms with E-state index < -0.39 is 5.97 Å². The van der Waals surface area contributed by atoms with Gasteiger partial charge in [0.15, 0.2) is 0 Å². The maximum atomic E-state index is 11.5. The first-order chi connectivity index (χ1) is 16.0. The number of ether oxygens (including phenoxy) is 2. The molecule has 0 amide bonds. The molecule has 6 nitrogen and oxygen atoms in total. The molecule has 0 saturated carbocycles. The minimum Gasteiger partial charge on any atom is -0.489 e.